The van der Waals surface area contributed by atoms with Crippen LogP contribution in [0.5, 0.6) is 0 Å². The molecule has 2 saturated heterocycles. The number of carbonyl (C=O) groups excluding carboxylic acids is 3. The number of amides is 3. The van der Waals surface area contributed by atoms with Gasteiger partial charge in [0.2, 0.25) is 17.7 Å². The Balaban J connectivity index is 1.80. The SMILES string of the molecule is CCCCC(=O)NC1CCN(C(=O)C2CC(=O)N(C(C)(C)C)C2)CC1. The fourth-order valence-corrected chi connectivity index (χ4v) is 3.66. The van der Waals surface area contributed by atoms with Gasteiger partial charge in [-0.25, -0.2) is 0 Å². The second kappa shape index (κ2) is 8.19. The third-order valence-electron chi connectivity index (χ3n) is 5.21. The van der Waals surface area contributed by atoms with Crippen molar-refractivity contribution in [3.05, 3.63) is 0 Å². The summed E-state index contributed by atoms with van der Waals surface area (Å²) in [6, 6.07) is 0.171. The van der Waals surface area contributed by atoms with Crippen LogP contribution in [-0.4, -0.2) is 58.7 Å². The quantitative estimate of drug-likeness (QED) is 0.823. The van der Waals surface area contributed by atoms with Crippen LogP contribution >= 0.6 is 0 Å². The number of unbranched alkanes of at least 4 members (excludes halogenated alkanes) is 1. The number of nitrogens with zero attached hydrogens (tertiary/aromatic N) is 2. The molecule has 1 N–H and O–H groups in total. The fourth-order valence-electron chi connectivity index (χ4n) is 3.66. The second-order valence-electron chi connectivity index (χ2n) is 8.35. The summed E-state index contributed by atoms with van der Waals surface area (Å²) in [5.41, 5.74) is -0.234. The molecule has 0 spiro atoms. The van der Waals surface area contributed by atoms with E-state index < -0.39 is 0 Å². The van der Waals surface area contributed by atoms with Gasteiger partial charge in [0, 0.05) is 44.1 Å². The summed E-state index contributed by atoms with van der Waals surface area (Å²) in [6.45, 7) is 9.94. The van der Waals surface area contributed by atoms with Gasteiger partial charge in [-0.1, -0.05) is 13.3 Å². The molecule has 2 rings (SSSR count). The first-order valence-electron chi connectivity index (χ1n) is 9.61. The third kappa shape index (κ3) is 5.19. The van der Waals surface area contributed by atoms with Crippen molar-refractivity contribution in [3.8, 4) is 0 Å². The Morgan fingerprint density at radius 1 is 1.20 bits per heavy atom. The number of hydrogen-bond acceptors (Lipinski definition) is 3. The molecular weight excluding hydrogens is 318 g/mol. The van der Waals surface area contributed by atoms with E-state index in [4.69, 9.17) is 0 Å². The zero-order valence-corrected chi connectivity index (χ0v) is 16.1. The van der Waals surface area contributed by atoms with Crippen LogP contribution < -0.4 is 5.32 Å². The summed E-state index contributed by atoms with van der Waals surface area (Å²) in [5, 5.41) is 3.08. The Morgan fingerprint density at radius 3 is 2.36 bits per heavy atom. The van der Waals surface area contributed by atoms with E-state index in [1.807, 2.05) is 30.6 Å². The van der Waals surface area contributed by atoms with Crippen molar-refractivity contribution >= 4 is 17.7 Å². The topological polar surface area (TPSA) is 69.7 Å². The van der Waals surface area contributed by atoms with Crippen molar-refractivity contribution in [3.63, 3.8) is 0 Å². The van der Waals surface area contributed by atoms with Crippen LogP contribution in [0.25, 0.3) is 0 Å². The maximum absolute atomic E-state index is 12.7. The van der Waals surface area contributed by atoms with E-state index >= 15 is 0 Å². The van der Waals surface area contributed by atoms with E-state index in [9.17, 15) is 14.4 Å². The maximum Gasteiger partial charge on any atom is 0.227 e. The first-order valence-corrected chi connectivity index (χ1v) is 9.61. The molecule has 0 aromatic carbocycles. The van der Waals surface area contributed by atoms with Crippen LogP contribution in [0.15, 0.2) is 0 Å². The summed E-state index contributed by atoms with van der Waals surface area (Å²) < 4.78 is 0. The summed E-state index contributed by atoms with van der Waals surface area (Å²) in [4.78, 5) is 40.5. The number of likely N-dealkylation sites (tertiary alicyclic amines) is 2. The van der Waals surface area contributed by atoms with Crippen molar-refractivity contribution in [1.82, 2.24) is 15.1 Å². The Hall–Kier alpha value is -1.59. The summed E-state index contributed by atoms with van der Waals surface area (Å²) in [5.74, 6) is 0.0658. The van der Waals surface area contributed by atoms with Gasteiger partial charge in [-0.2, -0.15) is 0 Å². The molecule has 0 aromatic heterocycles. The van der Waals surface area contributed by atoms with E-state index in [2.05, 4.69) is 12.2 Å². The van der Waals surface area contributed by atoms with Crippen molar-refractivity contribution in [2.75, 3.05) is 19.6 Å². The highest BCUT2D eigenvalue weighted by atomic mass is 16.2. The number of hydrogen-bond donors (Lipinski definition) is 1. The first-order chi connectivity index (χ1) is 11.7. The minimum absolute atomic E-state index is 0.0731. The molecule has 0 saturated carbocycles. The molecular formula is C19H33N3O3. The molecule has 1 atom stereocenters. The molecule has 0 aliphatic carbocycles. The van der Waals surface area contributed by atoms with Crippen LogP contribution in [0.3, 0.4) is 0 Å². The average molecular weight is 351 g/mol. The van der Waals surface area contributed by atoms with E-state index in [0.717, 1.165) is 25.7 Å². The molecule has 2 aliphatic heterocycles. The minimum Gasteiger partial charge on any atom is -0.353 e. The van der Waals surface area contributed by atoms with Crippen molar-refractivity contribution in [1.29, 1.82) is 0 Å². The standard InChI is InChI=1S/C19H33N3O3/c1-5-6-7-16(23)20-15-8-10-21(11-9-15)18(25)14-12-17(24)22(13-14)19(2,3)4/h14-15H,5-13H2,1-4H3,(H,20,23). The van der Waals surface area contributed by atoms with Gasteiger partial charge in [-0.3, -0.25) is 14.4 Å². The van der Waals surface area contributed by atoms with Crippen molar-refractivity contribution in [2.45, 2.75) is 77.8 Å². The molecule has 142 valence electrons. The average Bonchev–Trinajstić information content (AvgIpc) is 2.95. The molecule has 3 amide bonds. The van der Waals surface area contributed by atoms with Crippen LogP contribution in [0.2, 0.25) is 0 Å². The second-order valence-corrected chi connectivity index (χ2v) is 8.35. The number of piperidine rings is 1. The van der Waals surface area contributed by atoms with Crippen LogP contribution in [-0.2, 0) is 14.4 Å². The highest BCUT2D eigenvalue weighted by Crippen LogP contribution is 2.27. The number of nitrogens with one attached hydrogen (secondary N) is 1. The van der Waals surface area contributed by atoms with Gasteiger partial charge < -0.3 is 15.1 Å². The largest absolute Gasteiger partial charge is 0.353 e. The van der Waals surface area contributed by atoms with Gasteiger partial charge in [0.25, 0.3) is 0 Å². The summed E-state index contributed by atoms with van der Waals surface area (Å²) in [6.07, 6.45) is 4.45. The number of carbonyl (C=O) groups is 3. The van der Waals surface area contributed by atoms with Gasteiger partial charge in [-0.05, 0) is 40.0 Å². The van der Waals surface area contributed by atoms with E-state index in [1.165, 1.54) is 0 Å². The highest BCUT2D eigenvalue weighted by Gasteiger charge is 2.41. The fraction of sp³-hybridized carbons (Fsp3) is 0.842. The Kier molecular flexibility index (Phi) is 6.47. The molecule has 0 aromatic rings. The van der Waals surface area contributed by atoms with Crippen molar-refractivity contribution < 1.29 is 14.4 Å². The smallest absolute Gasteiger partial charge is 0.227 e. The van der Waals surface area contributed by atoms with Crippen LogP contribution in [0.4, 0.5) is 0 Å². The normalized spacial score (nSPS) is 22.4. The van der Waals surface area contributed by atoms with Crippen LogP contribution in [0, 0.1) is 5.92 Å². The first kappa shape index (κ1) is 19.7. The molecule has 25 heavy (non-hydrogen) atoms. The van der Waals surface area contributed by atoms with Gasteiger partial charge in [0.1, 0.15) is 0 Å². The third-order valence-corrected chi connectivity index (χ3v) is 5.21. The predicted octanol–water partition coefficient (Wildman–Crippen LogP) is 1.93. The molecule has 0 bridgehead atoms. The van der Waals surface area contributed by atoms with E-state index in [0.29, 0.717) is 32.5 Å². The van der Waals surface area contributed by atoms with E-state index in [-0.39, 0.29) is 35.2 Å². The molecule has 2 aliphatic rings. The van der Waals surface area contributed by atoms with Gasteiger partial charge in [-0.15, -0.1) is 0 Å². The Bertz CT molecular complexity index is 505. The lowest BCUT2D eigenvalue weighted by molar-refractivity contribution is -0.137. The Labute approximate surface area is 151 Å². The lowest BCUT2D eigenvalue weighted by Gasteiger charge is -2.35. The van der Waals surface area contributed by atoms with Gasteiger partial charge in [0.15, 0.2) is 0 Å². The zero-order valence-electron chi connectivity index (χ0n) is 16.1. The van der Waals surface area contributed by atoms with Crippen LogP contribution in [0.1, 0.15) is 66.2 Å². The maximum atomic E-state index is 12.7. The minimum atomic E-state index is -0.234. The van der Waals surface area contributed by atoms with Gasteiger partial charge in [0.05, 0.1) is 5.92 Å². The monoisotopic (exact) mass is 351 g/mol. The summed E-state index contributed by atoms with van der Waals surface area (Å²) >= 11 is 0. The molecule has 0 radical (unpaired) electrons. The lowest BCUT2D eigenvalue weighted by atomic mass is 10.0. The molecule has 6 nitrogen and oxygen atoms in total. The number of rotatable bonds is 5. The van der Waals surface area contributed by atoms with Gasteiger partial charge >= 0.3 is 0 Å². The molecule has 2 heterocycles. The Morgan fingerprint density at radius 2 is 1.84 bits per heavy atom. The van der Waals surface area contributed by atoms with E-state index in [1.54, 1.807) is 0 Å². The predicted molar refractivity (Wildman–Crippen MR) is 96.8 cm³/mol. The molecule has 6 heteroatoms. The zero-order chi connectivity index (χ0) is 18.6. The highest BCUT2D eigenvalue weighted by molar-refractivity contribution is 5.89. The van der Waals surface area contributed by atoms with Crippen molar-refractivity contribution in [2.24, 2.45) is 5.92 Å². The lowest BCUT2D eigenvalue weighted by Crippen LogP contribution is -2.48. The summed E-state index contributed by atoms with van der Waals surface area (Å²) in [7, 11) is 0. The molecule has 1 unspecified atom stereocenters. The molecule has 2 fully saturated rings.